The third kappa shape index (κ3) is 3.92. The predicted octanol–water partition coefficient (Wildman–Crippen LogP) is 5.98. The number of amides is 1. The third-order valence-electron chi connectivity index (χ3n) is 8.15. The molecule has 8 nitrogen and oxygen atoms in total. The number of alkyl halides is 3. The van der Waals surface area contributed by atoms with E-state index in [1.54, 1.807) is 0 Å². The smallest absolute Gasteiger partial charge is 0.326 e. The van der Waals surface area contributed by atoms with Gasteiger partial charge >= 0.3 is 12.1 Å². The van der Waals surface area contributed by atoms with Crippen LogP contribution in [0.1, 0.15) is 56.0 Å². The van der Waals surface area contributed by atoms with E-state index < -0.39 is 44.8 Å². The normalized spacial score (nSPS) is 25.6. The number of oxime groups is 1. The van der Waals surface area contributed by atoms with E-state index in [0.717, 1.165) is 18.2 Å². The van der Waals surface area contributed by atoms with Crippen molar-refractivity contribution in [1.82, 2.24) is 0 Å². The Morgan fingerprint density at radius 2 is 1.78 bits per heavy atom. The molecule has 4 rings (SSSR count). The van der Waals surface area contributed by atoms with Crippen LogP contribution in [0.3, 0.4) is 0 Å². The molecular weight excluding hydrogens is 479 g/mol. The van der Waals surface area contributed by atoms with Gasteiger partial charge in [-0.1, -0.05) is 38.1 Å². The summed E-state index contributed by atoms with van der Waals surface area (Å²) in [7, 11) is 0. The van der Waals surface area contributed by atoms with E-state index in [1.807, 2.05) is 20.8 Å². The summed E-state index contributed by atoms with van der Waals surface area (Å²) in [5.74, 6) is -1.30. The quantitative estimate of drug-likeness (QED) is 0.306. The number of non-ortho nitro benzene ring substituents is 1. The van der Waals surface area contributed by atoms with E-state index >= 15 is 0 Å². The van der Waals surface area contributed by atoms with Crippen LogP contribution in [0.4, 0.5) is 24.5 Å². The fourth-order valence-corrected chi connectivity index (χ4v) is 5.44. The van der Waals surface area contributed by atoms with Crippen LogP contribution >= 0.6 is 0 Å². The third-order valence-corrected chi connectivity index (χ3v) is 8.15. The summed E-state index contributed by atoms with van der Waals surface area (Å²) in [5, 5.41) is 17.7. The van der Waals surface area contributed by atoms with Crippen LogP contribution in [0, 0.1) is 26.4 Å². The van der Waals surface area contributed by atoms with Gasteiger partial charge in [-0.15, -0.1) is 0 Å². The van der Waals surface area contributed by atoms with Crippen LogP contribution in [0.5, 0.6) is 0 Å². The number of nitrogens with zero attached hydrogens (tertiary/aromatic N) is 2. The molecule has 2 aromatic carbocycles. The fourth-order valence-electron chi connectivity index (χ4n) is 5.44. The van der Waals surface area contributed by atoms with Gasteiger partial charge in [0, 0.05) is 29.7 Å². The van der Waals surface area contributed by atoms with Crippen LogP contribution in [0.2, 0.25) is 0 Å². The summed E-state index contributed by atoms with van der Waals surface area (Å²) >= 11 is 0. The zero-order valence-corrected chi connectivity index (χ0v) is 19.8. The van der Waals surface area contributed by atoms with Crippen molar-refractivity contribution in [3.63, 3.8) is 0 Å². The molecule has 0 spiro atoms. The molecule has 2 aromatic rings. The van der Waals surface area contributed by atoms with Gasteiger partial charge in [0.1, 0.15) is 0 Å². The number of fused-ring (bicyclic) bond motifs is 2. The largest absolute Gasteiger partial charge is 0.416 e. The van der Waals surface area contributed by atoms with Crippen molar-refractivity contribution in [3.05, 3.63) is 69.8 Å². The highest BCUT2D eigenvalue weighted by Gasteiger charge is 2.71. The Morgan fingerprint density at radius 1 is 1.08 bits per heavy atom. The van der Waals surface area contributed by atoms with Gasteiger partial charge in [0.15, 0.2) is 0 Å². The summed E-state index contributed by atoms with van der Waals surface area (Å²) in [5.41, 5.74) is -2.90. The fraction of sp³-hybridized carbons (Fsp3) is 0.400. The lowest BCUT2D eigenvalue weighted by Gasteiger charge is -2.39. The number of anilines is 1. The molecule has 0 saturated heterocycles. The molecule has 2 bridgehead atoms. The number of carbonyl (C=O) groups is 2. The monoisotopic (exact) mass is 503 g/mol. The molecular formula is C25H24F3N3O5. The number of nitro benzene ring substituents is 1. The Morgan fingerprint density at radius 3 is 2.44 bits per heavy atom. The molecule has 2 saturated carbocycles. The zero-order valence-electron chi connectivity index (χ0n) is 19.8. The number of hydrogen-bond acceptors (Lipinski definition) is 6. The van der Waals surface area contributed by atoms with Crippen LogP contribution in [-0.4, -0.2) is 22.5 Å². The maximum atomic E-state index is 13.5. The van der Waals surface area contributed by atoms with Crippen molar-refractivity contribution < 1.29 is 32.5 Å². The van der Waals surface area contributed by atoms with Crippen molar-refractivity contribution in [3.8, 4) is 0 Å². The first-order chi connectivity index (χ1) is 16.7. The van der Waals surface area contributed by atoms with Gasteiger partial charge in [0.25, 0.3) is 5.69 Å². The Hall–Kier alpha value is -3.76. The lowest BCUT2D eigenvalue weighted by atomic mass is 9.64. The Kier molecular flexibility index (Phi) is 5.93. The first-order valence-corrected chi connectivity index (χ1v) is 11.2. The minimum Gasteiger partial charge on any atom is -0.326 e. The molecule has 0 aliphatic heterocycles. The maximum absolute atomic E-state index is 13.5. The lowest BCUT2D eigenvalue weighted by Crippen LogP contribution is -2.43. The Balaban J connectivity index is 1.58. The van der Waals surface area contributed by atoms with Crippen molar-refractivity contribution in [2.45, 2.75) is 46.2 Å². The van der Waals surface area contributed by atoms with Crippen molar-refractivity contribution in [1.29, 1.82) is 0 Å². The molecule has 0 radical (unpaired) electrons. The van der Waals surface area contributed by atoms with Gasteiger partial charge in [-0.05, 0) is 42.5 Å². The Labute approximate surface area is 204 Å². The highest BCUT2D eigenvalue weighted by Crippen LogP contribution is 2.71. The first kappa shape index (κ1) is 25.3. The van der Waals surface area contributed by atoms with Gasteiger partial charge < -0.3 is 10.2 Å². The van der Waals surface area contributed by atoms with Gasteiger partial charge in [-0.2, -0.15) is 13.2 Å². The van der Waals surface area contributed by atoms with E-state index in [0.29, 0.717) is 18.6 Å². The maximum Gasteiger partial charge on any atom is 0.416 e. The summed E-state index contributed by atoms with van der Waals surface area (Å²) in [6.45, 7) is 5.71. The molecule has 1 amide bonds. The number of benzene rings is 2. The molecule has 1 N–H and O–H groups in total. The lowest BCUT2D eigenvalue weighted by molar-refractivity contribution is -0.384. The van der Waals surface area contributed by atoms with Crippen molar-refractivity contribution in [2.24, 2.45) is 21.4 Å². The summed E-state index contributed by atoms with van der Waals surface area (Å²) in [6.07, 6.45) is -3.34. The van der Waals surface area contributed by atoms with E-state index in [1.165, 1.54) is 30.3 Å². The molecule has 2 fully saturated rings. The van der Waals surface area contributed by atoms with E-state index in [2.05, 4.69) is 10.5 Å². The number of rotatable bonds is 5. The second-order valence-corrected chi connectivity index (χ2v) is 9.97. The molecule has 36 heavy (non-hydrogen) atoms. The minimum absolute atomic E-state index is 0.0380. The Bertz CT molecular complexity index is 1290. The average Bonchev–Trinajstić information content (AvgIpc) is 3.13. The van der Waals surface area contributed by atoms with E-state index in [9.17, 15) is 32.9 Å². The molecule has 2 aliphatic rings. The van der Waals surface area contributed by atoms with E-state index in [-0.39, 0.29) is 23.4 Å². The van der Waals surface area contributed by atoms with Gasteiger partial charge in [-0.25, -0.2) is 4.79 Å². The van der Waals surface area contributed by atoms with Gasteiger partial charge in [0.2, 0.25) is 5.91 Å². The highest BCUT2D eigenvalue weighted by molar-refractivity contribution is 6.06. The molecule has 0 heterocycles. The SMILES string of the molecule is CC12CCC(C(=O)Nc3cccc(C(F)(F)F)c3)(C/C1=N\OC(=O)c1cccc([N+](=O)[O-])c1)C2(C)C. The van der Waals surface area contributed by atoms with Crippen LogP contribution in [0.25, 0.3) is 0 Å². The van der Waals surface area contributed by atoms with Crippen molar-refractivity contribution >= 4 is 29.0 Å². The average molecular weight is 503 g/mol. The second kappa shape index (κ2) is 8.42. The minimum atomic E-state index is -4.54. The van der Waals surface area contributed by atoms with Gasteiger partial charge in [-0.3, -0.25) is 14.9 Å². The number of carbonyl (C=O) groups excluding carboxylic acids is 2. The predicted molar refractivity (Wildman–Crippen MR) is 124 cm³/mol. The molecule has 2 aliphatic carbocycles. The standard InChI is InChI=1S/C25H24F3N3O5/c1-22(2)23(3)10-11-24(22,21(33)29-17-8-5-7-16(13-17)25(26,27)28)14-19(23)30-36-20(32)15-6-4-9-18(12-15)31(34)35/h4-9,12-13H,10-11,14H2,1-3H3,(H,29,33)/b30-19+. The number of nitrogens with one attached hydrogen (secondary N) is 1. The number of halogens is 3. The molecule has 11 heteroatoms. The zero-order chi connectivity index (χ0) is 26.5. The highest BCUT2D eigenvalue weighted by atomic mass is 19.4. The molecule has 2 unspecified atom stereocenters. The second-order valence-electron chi connectivity index (χ2n) is 9.97. The van der Waals surface area contributed by atoms with Crippen LogP contribution < -0.4 is 5.32 Å². The van der Waals surface area contributed by atoms with Crippen molar-refractivity contribution in [2.75, 3.05) is 5.32 Å². The van der Waals surface area contributed by atoms with Crippen LogP contribution in [0.15, 0.2) is 53.7 Å². The molecule has 190 valence electrons. The first-order valence-electron chi connectivity index (χ1n) is 11.2. The van der Waals surface area contributed by atoms with Crippen LogP contribution in [-0.2, 0) is 15.8 Å². The topological polar surface area (TPSA) is 111 Å². The number of nitro groups is 1. The van der Waals surface area contributed by atoms with E-state index in [4.69, 9.17) is 4.84 Å². The molecule has 2 atom stereocenters. The number of hydrogen-bond donors (Lipinski definition) is 1. The molecule has 0 aromatic heterocycles. The van der Waals surface area contributed by atoms with Gasteiger partial charge in [0.05, 0.1) is 27.2 Å². The summed E-state index contributed by atoms with van der Waals surface area (Å²) in [4.78, 5) is 41.5. The summed E-state index contributed by atoms with van der Waals surface area (Å²) < 4.78 is 39.3. The summed E-state index contributed by atoms with van der Waals surface area (Å²) in [6, 6.07) is 9.50.